The Hall–Kier alpha value is -3.26. The highest BCUT2D eigenvalue weighted by atomic mass is 16.3. The van der Waals surface area contributed by atoms with E-state index in [2.05, 4.69) is 15.4 Å². The number of β-amino-alcohol motifs (C(OH)–C–C–N with tert-alkyl or cyclic N) is 1. The number of carbonyl (C=O) groups excluding carboxylic acids is 2. The lowest BCUT2D eigenvalue weighted by Crippen LogP contribution is -2.45. The predicted octanol–water partition coefficient (Wildman–Crippen LogP) is 2.58. The number of pyridine rings is 1. The highest BCUT2D eigenvalue weighted by molar-refractivity contribution is 6.06. The summed E-state index contributed by atoms with van der Waals surface area (Å²) in [6, 6.07) is 9.23. The lowest BCUT2D eigenvalue weighted by Gasteiger charge is -2.34. The van der Waals surface area contributed by atoms with Crippen molar-refractivity contribution in [1.82, 2.24) is 14.9 Å². The van der Waals surface area contributed by atoms with E-state index in [1.165, 1.54) is 5.01 Å². The maximum Gasteiger partial charge on any atom is 0.322 e. The molecule has 8 nitrogen and oxygen atoms in total. The van der Waals surface area contributed by atoms with Crippen LogP contribution in [0.4, 0.5) is 10.5 Å². The largest absolute Gasteiger partial charge is 0.394 e. The average Bonchev–Trinajstić information content (AvgIpc) is 3.16. The van der Waals surface area contributed by atoms with Crippen LogP contribution in [0.3, 0.4) is 0 Å². The molecule has 30 heavy (non-hydrogen) atoms. The summed E-state index contributed by atoms with van der Waals surface area (Å²) in [6.07, 6.45) is 4.05. The molecule has 2 N–H and O–H groups in total. The van der Waals surface area contributed by atoms with Crippen molar-refractivity contribution < 1.29 is 14.7 Å². The number of fused-ring (bicyclic) bond motifs is 1. The third-order valence-electron chi connectivity index (χ3n) is 5.46. The molecule has 1 aromatic heterocycles. The van der Waals surface area contributed by atoms with Gasteiger partial charge in [0, 0.05) is 37.6 Å². The van der Waals surface area contributed by atoms with Crippen LogP contribution in [0.25, 0.3) is 0 Å². The highest BCUT2D eigenvalue weighted by Crippen LogP contribution is 2.31. The van der Waals surface area contributed by atoms with Crippen LogP contribution in [0.1, 0.15) is 37.0 Å². The minimum Gasteiger partial charge on any atom is -0.394 e. The Morgan fingerprint density at radius 2 is 1.90 bits per heavy atom. The minimum atomic E-state index is -0.585. The van der Waals surface area contributed by atoms with Gasteiger partial charge in [-0.15, -0.1) is 0 Å². The molecule has 0 atom stereocenters. The minimum absolute atomic E-state index is 0.0917. The Morgan fingerprint density at radius 1 is 1.17 bits per heavy atom. The smallest absolute Gasteiger partial charge is 0.322 e. The van der Waals surface area contributed by atoms with Crippen LogP contribution < -0.4 is 5.32 Å². The molecule has 1 aromatic carbocycles. The molecule has 0 spiro atoms. The van der Waals surface area contributed by atoms with Gasteiger partial charge in [0.1, 0.15) is 0 Å². The van der Waals surface area contributed by atoms with Gasteiger partial charge in [0.25, 0.3) is 0 Å². The Kier molecular flexibility index (Phi) is 5.26. The second-order valence-corrected chi connectivity index (χ2v) is 8.27. The maximum absolute atomic E-state index is 12.6. The van der Waals surface area contributed by atoms with E-state index in [1.807, 2.05) is 44.2 Å². The fourth-order valence-corrected chi connectivity index (χ4v) is 3.79. The average molecular weight is 407 g/mol. The standard InChI is InChI=1S/C22H25N5O3/c1-22(2)11-19(25-27(9-10-28)20(22)29)15-3-5-18(6-4-15)24-21(30)26-13-16-7-8-23-12-17(16)14-26/h3-8,12,28H,9-11,13-14H2,1-2H3,(H,24,30). The van der Waals surface area contributed by atoms with Crippen LogP contribution >= 0.6 is 0 Å². The Balaban J connectivity index is 1.45. The number of amides is 3. The molecule has 156 valence electrons. The van der Waals surface area contributed by atoms with Crippen LogP contribution in [0, 0.1) is 5.41 Å². The third-order valence-corrected chi connectivity index (χ3v) is 5.46. The van der Waals surface area contributed by atoms with Crippen LogP contribution in [0.5, 0.6) is 0 Å². The van der Waals surface area contributed by atoms with Crippen molar-refractivity contribution in [2.75, 3.05) is 18.5 Å². The lowest BCUT2D eigenvalue weighted by atomic mass is 9.83. The molecule has 0 saturated heterocycles. The molecule has 0 bridgehead atoms. The summed E-state index contributed by atoms with van der Waals surface area (Å²) in [6.45, 7) is 4.92. The second kappa shape index (κ2) is 7.87. The molecular weight excluding hydrogens is 382 g/mol. The second-order valence-electron chi connectivity index (χ2n) is 8.27. The Labute approximate surface area is 175 Å². The quantitative estimate of drug-likeness (QED) is 0.814. The number of hydrogen-bond acceptors (Lipinski definition) is 5. The van der Waals surface area contributed by atoms with Crippen molar-refractivity contribution >= 4 is 23.3 Å². The number of benzene rings is 1. The van der Waals surface area contributed by atoms with Crippen molar-refractivity contribution in [1.29, 1.82) is 0 Å². The van der Waals surface area contributed by atoms with Gasteiger partial charge < -0.3 is 15.3 Å². The summed E-state index contributed by atoms with van der Waals surface area (Å²) >= 11 is 0. The number of rotatable bonds is 4. The fourth-order valence-electron chi connectivity index (χ4n) is 3.79. The van der Waals surface area contributed by atoms with Gasteiger partial charge in [0.2, 0.25) is 5.91 Å². The van der Waals surface area contributed by atoms with E-state index in [4.69, 9.17) is 0 Å². The molecule has 0 fully saturated rings. The van der Waals surface area contributed by atoms with Gasteiger partial charge in [-0.25, -0.2) is 9.80 Å². The molecule has 8 heteroatoms. The number of aliphatic hydroxyl groups excluding tert-OH is 1. The Morgan fingerprint density at radius 3 is 2.60 bits per heavy atom. The first-order valence-electron chi connectivity index (χ1n) is 9.96. The lowest BCUT2D eigenvalue weighted by molar-refractivity contribution is -0.141. The van der Waals surface area contributed by atoms with E-state index in [-0.39, 0.29) is 25.1 Å². The Bertz CT molecular complexity index is 975. The first-order valence-corrected chi connectivity index (χ1v) is 9.96. The molecule has 2 aromatic rings. The summed E-state index contributed by atoms with van der Waals surface area (Å²) in [5, 5.41) is 17.9. The van der Waals surface area contributed by atoms with E-state index in [1.54, 1.807) is 17.3 Å². The normalized spacial score (nSPS) is 17.6. The molecule has 2 aliphatic heterocycles. The SMILES string of the molecule is CC1(C)CC(c2ccc(NC(=O)N3Cc4ccncc4C3)cc2)=NN(CCO)C1=O. The highest BCUT2D eigenvalue weighted by Gasteiger charge is 2.37. The molecule has 0 radical (unpaired) electrons. The molecule has 0 saturated carbocycles. The van der Waals surface area contributed by atoms with Crippen LogP contribution in [0.15, 0.2) is 47.8 Å². The number of aromatic nitrogens is 1. The van der Waals surface area contributed by atoms with E-state index in [0.717, 1.165) is 22.4 Å². The number of carbonyl (C=O) groups is 2. The van der Waals surface area contributed by atoms with Crippen LogP contribution in [0.2, 0.25) is 0 Å². The number of hydrazone groups is 1. The monoisotopic (exact) mass is 407 g/mol. The van der Waals surface area contributed by atoms with Gasteiger partial charge in [-0.05, 0) is 34.9 Å². The van der Waals surface area contributed by atoms with Crippen LogP contribution in [-0.2, 0) is 17.9 Å². The summed E-state index contributed by atoms with van der Waals surface area (Å²) in [4.78, 5) is 30.9. The molecule has 0 unspecified atom stereocenters. The number of hydrogen-bond donors (Lipinski definition) is 2. The van der Waals surface area contributed by atoms with Gasteiger partial charge in [-0.1, -0.05) is 26.0 Å². The van der Waals surface area contributed by atoms with Crippen molar-refractivity contribution in [3.8, 4) is 0 Å². The van der Waals surface area contributed by atoms with Crippen molar-refractivity contribution in [3.05, 3.63) is 59.4 Å². The molecule has 4 rings (SSSR count). The maximum atomic E-state index is 12.6. The van der Waals surface area contributed by atoms with Crippen LogP contribution in [-0.4, -0.2) is 50.8 Å². The first-order chi connectivity index (χ1) is 14.4. The predicted molar refractivity (Wildman–Crippen MR) is 113 cm³/mol. The molecular formula is C22H25N5O3. The van der Waals surface area contributed by atoms with E-state index in [0.29, 0.717) is 25.2 Å². The summed E-state index contributed by atoms with van der Waals surface area (Å²) in [5.74, 6) is -0.0917. The fraction of sp³-hybridized carbons (Fsp3) is 0.364. The topological polar surface area (TPSA) is 98.1 Å². The number of nitrogens with one attached hydrogen (secondary N) is 1. The summed E-state index contributed by atoms with van der Waals surface area (Å²) < 4.78 is 0. The molecule has 0 aliphatic carbocycles. The molecule has 3 amide bonds. The summed E-state index contributed by atoms with van der Waals surface area (Å²) in [7, 11) is 0. The number of nitrogens with zero attached hydrogens (tertiary/aromatic N) is 4. The number of urea groups is 1. The van der Waals surface area contributed by atoms with Crippen molar-refractivity contribution in [3.63, 3.8) is 0 Å². The van der Waals surface area contributed by atoms with E-state index >= 15 is 0 Å². The van der Waals surface area contributed by atoms with Gasteiger partial charge in [-0.2, -0.15) is 5.10 Å². The third kappa shape index (κ3) is 3.91. The zero-order valence-corrected chi connectivity index (χ0v) is 17.1. The van der Waals surface area contributed by atoms with Gasteiger partial charge in [0.05, 0.1) is 24.3 Å². The van der Waals surface area contributed by atoms with Crippen molar-refractivity contribution in [2.24, 2.45) is 10.5 Å². The van der Waals surface area contributed by atoms with Crippen molar-refractivity contribution in [2.45, 2.75) is 33.4 Å². The molecule has 3 heterocycles. The van der Waals surface area contributed by atoms with Gasteiger partial charge in [-0.3, -0.25) is 9.78 Å². The van der Waals surface area contributed by atoms with Gasteiger partial charge in [0.15, 0.2) is 0 Å². The molecule has 2 aliphatic rings. The van der Waals surface area contributed by atoms with E-state index < -0.39 is 5.41 Å². The zero-order chi connectivity index (χ0) is 21.3. The zero-order valence-electron chi connectivity index (χ0n) is 17.1. The first kappa shape index (κ1) is 20.0. The van der Waals surface area contributed by atoms with Gasteiger partial charge >= 0.3 is 6.03 Å². The number of aliphatic hydroxyl groups is 1. The number of anilines is 1. The van der Waals surface area contributed by atoms with E-state index in [9.17, 15) is 14.7 Å². The summed E-state index contributed by atoms with van der Waals surface area (Å²) in [5.41, 5.74) is 3.97.